The maximum absolute atomic E-state index is 10.2. The van der Waals surface area contributed by atoms with E-state index in [1.54, 1.807) is 6.92 Å². The van der Waals surface area contributed by atoms with Crippen molar-refractivity contribution in [2.75, 3.05) is 0 Å². The third kappa shape index (κ3) is 2.03. The first-order valence-corrected chi connectivity index (χ1v) is 3.44. The molecule has 0 amide bonds. The fourth-order valence-corrected chi connectivity index (χ4v) is 0.848. The van der Waals surface area contributed by atoms with Crippen LogP contribution in [0.25, 0.3) is 0 Å². The minimum Gasteiger partial charge on any atom is -0.392 e. The van der Waals surface area contributed by atoms with E-state index in [1.165, 1.54) is 17.1 Å². The molecule has 1 aromatic heterocycles. The van der Waals surface area contributed by atoms with Gasteiger partial charge in [0.15, 0.2) is 0 Å². The monoisotopic (exact) mass is 171 g/mol. The number of rotatable bonds is 3. The zero-order valence-corrected chi connectivity index (χ0v) is 6.54. The van der Waals surface area contributed by atoms with E-state index in [1.807, 2.05) is 0 Å². The summed E-state index contributed by atoms with van der Waals surface area (Å²) in [5.41, 5.74) is 0. The molecule has 0 fully saturated rings. The Hall–Kier alpha value is -1.43. The van der Waals surface area contributed by atoms with Crippen molar-refractivity contribution in [2.24, 2.45) is 0 Å². The lowest BCUT2D eigenvalue weighted by atomic mass is 10.4. The topological polar surface area (TPSA) is 81.2 Å². The van der Waals surface area contributed by atoms with Crippen LogP contribution in [0.4, 0.5) is 5.82 Å². The van der Waals surface area contributed by atoms with E-state index in [-0.39, 0.29) is 5.82 Å². The second-order valence-electron chi connectivity index (χ2n) is 2.53. The third-order valence-corrected chi connectivity index (χ3v) is 1.28. The Balaban J connectivity index is 2.71. The highest BCUT2D eigenvalue weighted by Crippen LogP contribution is 2.05. The van der Waals surface area contributed by atoms with Crippen LogP contribution >= 0.6 is 0 Å². The van der Waals surface area contributed by atoms with Gasteiger partial charge in [-0.15, -0.1) is 0 Å². The molecule has 0 aliphatic rings. The fraction of sp³-hybridized carbons (Fsp3) is 0.500. The maximum Gasteiger partial charge on any atom is 0.381 e. The molecule has 0 unspecified atom stereocenters. The molecule has 12 heavy (non-hydrogen) atoms. The Kier molecular flexibility index (Phi) is 2.39. The number of nitrogens with zero attached hydrogens (tertiary/aromatic N) is 3. The zero-order valence-electron chi connectivity index (χ0n) is 6.54. The molecule has 1 atom stereocenters. The Morgan fingerprint density at radius 2 is 2.58 bits per heavy atom. The molecule has 1 N–H and O–H groups in total. The number of aliphatic hydroxyl groups is 1. The van der Waals surface area contributed by atoms with Crippen molar-refractivity contribution in [3.05, 3.63) is 22.6 Å². The van der Waals surface area contributed by atoms with Crippen LogP contribution in [-0.2, 0) is 6.54 Å². The van der Waals surface area contributed by atoms with Gasteiger partial charge in [0.1, 0.15) is 6.20 Å². The summed E-state index contributed by atoms with van der Waals surface area (Å²) in [5, 5.41) is 19.1. The number of aromatic nitrogens is 2. The summed E-state index contributed by atoms with van der Waals surface area (Å²) >= 11 is 0. The van der Waals surface area contributed by atoms with Gasteiger partial charge in [-0.2, -0.15) is 0 Å². The van der Waals surface area contributed by atoms with Gasteiger partial charge in [0.2, 0.25) is 6.33 Å². The molecular formula is C6H9N3O3. The molecule has 0 saturated carbocycles. The van der Waals surface area contributed by atoms with Crippen LogP contribution in [-0.4, -0.2) is 25.7 Å². The van der Waals surface area contributed by atoms with E-state index in [0.29, 0.717) is 6.54 Å². The molecule has 0 bridgehead atoms. The molecule has 0 saturated heterocycles. The van der Waals surface area contributed by atoms with Gasteiger partial charge in [0.05, 0.1) is 12.6 Å². The summed E-state index contributed by atoms with van der Waals surface area (Å²) < 4.78 is 1.48. The Morgan fingerprint density at radius 1 is 1.92 bits per heavy atom. The van der Waals surface area contributed by atoms with Crippen LogP contribution in [0.5, 0.6) is 0 Å². The lowest BCUT2D eigenvalue weighted by Crippen LogP contribution is -2.09. The molecule has 0 aliphatic carbocycles. The van der Waals surface area contributed by atoms with Crippen molar-refractivity contribution >= 4 is 5.82 Å². The van der Waals surface area contributed by atoms with E-state index in [4.69, 9.17) is 5.11 Å². The van der Waals surface area contributed by atoms with Gasteiger partial charge < -0.3 is 19.8 Å². The fourth-order valence-electron chi connectivity index (χ4n) is 0.848. The molecule has 66 valence electrons. The molecule has 1 rings (SSSR count). The molecule has 6 nitrogen and oxygen atoms in total. The Bertz CT molecular complexity index is 281. The molecular weight excluding hydrogens is 162 g/mol. The summed E-state index contributed by atoms with van der Waals surface area (Å²) in [5.74, 6) is -0.198. The van der Waals surface area contributed by atoms with Gasteiger partial charge in [0, 0.05) is 0 Å². The predicted molar refractivity (Wildman–Crippen MR) is 40.6 cm³/mol. The van der Waals surface area contributed by atoms with Gasteiger partial charge in [-0.3, -0.25) is 0 Å². The standard InChI is InChI=1S/C6H9N3O3/c1-5(10)2-8-3-6(7-4-8)9(11)12/h3-5,10H,2H2,1H3/t5-/m0/s1. The van der Waals surface area contributed by atoms with Crippen molar-refractivity contribution in [1.29, 1.82) is 0 Å². The van der Waals surface area contributed by atoms with Crippen LogP contribution in [0.2, 0.25) is 0 Å². The quantitative estimate of drug-likeness (QED) is 0.519. The van der Waals surface area contributed by atoms with E-state index >= 15 is 0 Å². The molecule has 1 heterocycles. The second-order valence-corrected chi connectivity index (χ2v) is 2.53. The van der Waals surface area contributed by atoms with Gasteiger partial charge in [-0.05, 0) is 16.8 Å². The van der Waals surface area contributed by atoms with Gasteiger partial charge >= 0.3 is 5.82 Å². The first-order valence-electron chi connectivity index (χ1n) is 3.44. The van der Waals surface area contributed by atoms with Gasteiger partial charge in [-0.1, -0.05) is 0 Å². The second kappa shape index (κ2) is 3.31. The first-order chi connectivity index (χ1) is 5.59. The maximum atomic E-state index is 10.2. The minimum atomic E-state index is -0.571. The van der Waals surface area contributed by atoms with E-state index in [9.17, 15) is 10.1 Å². The normalized spacial score (nSPS) is 12.8. The van der Waals surface area contributed by atoms with Crippen molar-refractivity contribution < 1.29 is 10.0 Å². The number of nitro groups is 1. The van der Waals surface area contributed by atoms with E-state index in [0.717, 1.165) is 0 Å². The van der Waals surface area contributed by atoms with Crippen LogP contribution in [0.1, 0.15) is 6.92 Å². The average Bonchev–Trinajstić information content (AvgIpc) is 2.34. The minimum absolute atomic E-state index is 0.198. The smallest absolute Gasteiger partial charge is 0.381 e. The summed E-state index contributed by atoms with van der Waals surface area (Å²) in [6, 6.07) is 0. The zero-order chi connectivity index (χ0) is 9.14. The van der Waals surface area contributed by atoms with Crippen LogP contribution in [0.3, 0.4) is 0 Å². The van der Waals surface area contributed by atoms with Crippen LogP contribution in [0, 0.1) is 10.1 Å². The van der Waals surface area contributed by atoms with E-state index in [2.05, 4.69) is 4.98 Å². The van der Waals surface area contributed by atoms with Crippen LogP contribution in [0.15, 0.2) is 12.5 Å². The van der Waals surface area contributed by atoms with Crippen molar-refractivity contribution in [3.8, 4) is 0 Å². The lowest BCUT2D eigenvalue weighted by molar-refractivity contribution is -0.389. The van der Waals surface area contributed by atoms with Gasteiger partial charge in [-0.25, -0.2) is 0 Å². The number of aliphatic hydroxyl groups excluding tert-OH is 1. The SMILES string of the molecule is C[C@H](O)Cn1cnc([N+](=O)[O-])c1. The largest absolute Gasteiger partial charge is 0.392 e. The third-order valence-electron chi connectivity index (χ3n) is 1.28. The lowest BCUT2D eigenvalue weighted by Gasteiger charge is -2.01. The highest BCUT2D eigenvalue weighted by molar-refractivity contribution is 5.12. The summed E-state index contributed by atoms with van der Waals surface area (Å²) in [7, 11) is 0. The molecule has 0 radical (unpaired) electrons. The van der Waals surface area contributed by atoms with Crippen molar-refractivity contribution in [3.63, 3.8) is 0 Å². The summed E-state index contributed by atoms with van der Waals surface area (Å²) in [6.07, 6.45) is 2.08. The van der Waals surface area contributed by atoms with Crippen molar-refractivity contribution in [1.82, 2.24) is 9.55 Å². The molecule has 0 aliphatic heterocycles. The predicted octanol–water partition coefficient (Wildman–Crippen LogP) is 0.172. The number of hydrogen-bond acceptors (Lipinski definition) is 4. The van der Waals surface area contributed by atoms with Crippen molar-refractivity contribution in [2.45, 2.75) is 19.6 Å². The highest BCUT2D eigenvalue weighted by Gasteiger charge is 2.10. The number of hydrogen-bond donors (Lipinski definition) is 1. The molecule has 0 spiro atoms. The molecule has 6 heteroatoms. The van der Waals surface area contributed by atoms with Gasteiger partial charge in [0.25, 0.3) is 0 Å². The summed E-state index contributed by atoms with van der Waals surface area (Å²) in [6.45, 7) is 1.92. The average molecular weight is 171 g/mol. The van der Waals surface area contributed by atoms with E-state index < -0.39 is 11.0 Å². The molecule has 1 aromatic rings. The number of imidazole rings is 1. The molecule has 0 aromatic carbocycles. The Morgan fingerprint density at radius 3 is 3.00 bits per heavy atom. The highest BCUT2D eigenvalue weighted by atomic mass is 16.6. The first kappa shape index (κ1) is 8.66. The van der Waals surface area contributed by atoms with Crippen LogP contribution < -0.4 is 0 Å². The summed E-state index contributed by atoms with van der Waals surface area (Å²) in [4.78, 5) is 13.1. The Labute approximate surface area is 68.6 Å².